The van der Waals surface area contributed by atoms with Crippen LogP contribution in [0, 0.1) is 5.92 Å². The summed E-state index contributed by atoms with van der Waals surface area (Å²) in [4.78, 5) is 12.0. The van der Waals surface area contributed by atoms with Gasteiger partial charge < -0.3 is 5.32 Å². The highest BCUT2D eigenvalue weighted by Crippen LogP contribution is 2.31. The Labute approximate surface area is 121 Å². The van der Waals surface area contributed by atoms with Crippen molar-refractivity contribution in [2.45, 2.75) is 71.1 Å². The fourth-order valence-corrected chi connectivity index (χ4v) is 3.01. The number of hydrogen-bond donors (Lipinski definition) is 2. The molecule has 1 heterocycles. The standard InChI is InChI=1S/C16H27N3O/c1-3-8-12(2)16(20)17-15-11-14(18-19-15)13-9-6-4-5-7-10-13/h11-13H,3-10H2,1-2H3,(H2,17,18,19,20). The summed E-state index contributed by atoms with van der Waals surface area (Å²) in [6.45, 7) is 4.07. The highest BCUT2D eigenvalue weighted by Gasteiger charge is 2.18. The van der Waals surface area contributed by atoms with Crippen molar-refractivity contribution in [3.63, 3.8) is 0 Å². The molecule has 2 rings (SSSR count). The molecular weight excluding hydrogens is 250 g/mol. The number of carbonyl (C=O) groups excluding carboxylic acids is 1. The first kappa shape index (κ1) is 15.1. The molecule has 20 heavy (non-hydrogen) atoms. The summed E-state index contributed by atoms with van der Waals surface area (Å²) in [7, 11) is 0. The van der Waals surface area contributed by atoms with Crippen LogP contribution in [0.15, 0.2) is 6.07 Å². The van der Waals surface area contributed by atoms with Crippen LogP contribution >= 0.6 is 0 Å². The summed E-state index contributed by atoms with van der Waals surface area (Å²) in [6.07, 6.45) is 9.74. The minimum atomic E-state index is 0.0537. The maximum absolute atomic E-state index is 12.0. The van der Waals surface area contributed by atoms with Crippen LogP contribution < -0.4 is 5.32 Å². The van der Waals surface area contributed by atoms with Crippen LogP contribution in [0.3, 0.4) is 0 Å². The third kappa shape index (κ3) is 4.09. The summed E-state index contributed by atoms with van der Waals surface area (Å²) in [5.74, 6) is 1.39. The Morgan fingerprint density at radius 3 is 2.75 bits per heavy atom. The van der Waals surface area contributed by atoms with Crippen molar-refractivity contribution in [1.82, 2.24) is 10.2 Å². The zero-order chi connectivity index (χ0) is 14.4. The topological polar surface area (TPSA) is 57.8 Å². The van der Waals surface area contributed by atoms with E-state index in [4.69, 9.17) is 0 Å². The second-order valence-corrected chi connectivity index (χ2v) is 6.08. The molecule has 4 heteroatoms. The zero-order valence-electron chi connectivity index (χ0n) is 12.7. The average Bonchev–Trinajstić information content (AvgIpc) is 2.73. The number of amides is 1. The summed E-state index contributed by atoms with van der Waals surface area (Å²) in [5.41, 5.74) is 1.19. The molecule has 1 atom stereocenters. The second-order valence-electron chi connectivity index (χ2n) is 6.08. The molecule has 2 N–H and O–H groups in total. The molecule has 1 amide bonds. The number of aromatic amines is 1. The monoisotopic (exact) mass is 277 g/mol. The number of nitrogens with one attached hydrogen (secondary N) is 2. The summed E-state index contributed by atoms with van der Waals surface area (Å²) in [5, 5.41) is 10.3. The van der Waals surface area contributed by atoms with Crippen molar-refractivity contribution >= 4 is 11.7 Å². The lowest BCUT2D eigenvalue weighted by atomic mass is 9.97. The minimum absolute atomic E-state index is 0.0537. The molecule has 112 valence electrons. The van der Waals surface area contributed by atoms with Gasteiger partial charge in [0.2, 0.25) is 5.91 Å². The van der Waals surface area contributed by atoms with E-state index in [1.165, 1.54) is 44.2 Å². The van der Waals surface area contributed by atoms with E-state index in [2.05, 4.69) is 22.4 Å². The van der Waals surface area contributed by atoms with Gasteiger partial charge in [-0.05, 0) is 19.3 Å². The Morgan fingerprint density at radius 1 is 1.40 bits per heavy atom. The summed E-state index contributed by atoms with van der Waals surface area (Å²) >= 11 is 0. The SMILES string of the molecule is CCCC(C)C(=O)Nc1cc(C2CCCCCC2)[nH]n1. The third-order valence-corrected chi connectivity index (χ3v) is 4.31. The van der Waals surface area contributed by atoms with Gasteiger partial charge in [0.05, 0.1) is 0 Å². The molecule has 1 saturated carbocycles. The van der Waals surface area contributed by atoms with E-state index in [0.29, 0.717) is 11.7 Å². The summed E-state index contributed by atoms with van der Waals surface area (Å²) < 4.78 is 0. The van der Waals surface area contributed by atoms with Gasteiger partial charge in [0, 0.05) is 23.6 Å². The Bertz CT molecular complexity index is 419. The van der Waals surface area contributed by atoms with Crippen LogP contribution in [0.5, 0.6) is 0 Å². The number of carbonyl (C=O) groups is 1. The van der Waals surface area contributed by atoms with Crippen molar-refractivity contribution < 1.29 is 4.79 Å². The molecule has 0 spiro atoms. The number of rotatable bonds is 5. The van der Waals surface area contributed by atoms with Crippen molar-refractivity contribution in [2.24, 2.45) is 5.92 Å². The average molecular weight is 277 g/mol. The van der Waals surface area contributed by atoms with Crippen LogP contribution in [0.1, 0.15) is 76.8 Å². The van der Waals surface area contributed by atoms with Gasteiger partial charge in [-0.1, -0.05) is 46.0 Å². The highest BCUT2D eigenvalue weighted by molar-refractivity contribution is 5.91. The smallest absolute Gasteiger partial charge is 0.228 e. The first-order chi connectivity index (χ1) is 9.70. The molecule has 1 aliphatic rings. The van der Waals surface area contributed by atoms with Crippen molar-refractivity contribution in [3.8, 4) is 0 Å². The Kier molecular flexibility index (Phi) is 5.62. The van der Waals surface area contributed by atoms with E-state index >= 15 is 0 Å². The van der Waals surface area contributed by atoms with Gasteiger partial charge in [-0.25, -0.2) is 0 Å². The van der Waals surface area contributed by atoms with Crippen LogP contribution in [-0.4, -0.2) is 16.1 Å². The third-order valence-electron chi connectivity index (χ3n) is 4.31. The quantitative estimate of drug-likeness (QED) is 0.792. The molecule has 0 aliphatic heterocycles. The lowest BCUT2D eigenvalue weighted by Crippen LogP contribution is -2.20. The predicted molar refractivity (Wildman–Crippen MR) is 81.7 cm³/mol. The molecule has 0 saturated heterocycles. The Morgan fingerprint density at radius 2 is 2.10 bits per heavy atom. The molecular formula is C16H27N3O. The lowest BCUT2D eigenvalue weighted by Gasteiger charge is -2.10. The van der Waals surface area contributed by atoms with Crippen LogP contribution in [0.4, 0.5) is 5.82 Å². The molecule has 4 nitrogen and oxygen atoms in total. The number of H-pyrrole nitrogens is 1. The molecule has 1 fully saturated rings. The predicted octanol–water partition coefficient (Wildman–Crippen LogP) is 4.22. The molecule has 1 aromatic rings. The van der Waals surface area contributed by atoms with Crippen molar-refractivity contribution in [3.05, 3.63) is 11.8 Å². The van der Waals surface area contributed by atoms with Crippen molar-refractivity contribution in [2.75, 3.05) is 5.32 Å². The number of aromatic nitrogens is 2. The number of anilines is 1. The van der Waals surface area contributed by atoms with Gasteiger partial charge in [0.25, 0.3) is 0 Å². The maximum atomic E-state index is 12.0. The number of hydrogen-bond acceptors (Lipinski definition) is 2. The fraction of sp³-hybridized carbons (Fsp3) is 0.750. The molecule has 0 aromatic carbocycles. The van der Waals surface area contributed by atoms with E-state index in [1.807, 2.05) is 13.0 Å². The Hall–Kier alpha value is -1.32. The lowest BCUT2D eigenvalue weighted by molar-refractivity contribution is -0.119. The molecule has 0 radical (unpaired) electrons. The van der Waals surface area contributed by atoms with Crippen LogP contribution in [0.25, 0.3) is 0 Å². The van der Waals surface area contributed by atoms with Gasteiger partial charge in [-0.2, -0.15) is 5.10 Å². The van der Waals surface area contributed by atoms with Gasteiger partial charge in [-0.3, -0.25) is 9.89 Å². The van der Waals surface area contributed by atoms with Gasteiger partial charge in [-0.15, -0.1) is 0 Å². The van der Waals surface area contributed by atoms with Gasteiger partial charge in [0.1, 0.15) is 0 Å². The van der Waals surface area contributed by atoms with Crippen LogP contribution in [-0.2, 0) is 4.79 Å². The van der Waals surface area contributed by atoms with E-state index in [1.54, 1.807) is 0 Å². The largest absolute Gasteiger partial charge is 0.309 e. The normalized spacial score (nSPS) is 18.5. The van der Waals surface area contributed by atoms with E-state index in [9.17, 15) is 4.79 Å². The molecule has 1 aromatic heterocycles. The summed E-state index contributed by atoms with van der Waals surface area (Å²) in [6, 6.07) is 2.02. The van der Waals surface area contributed by atoms with Gasteiger partial charge >= 0.3 is 0 Å². The first-order valence-corrected chi connectivity index (χ1v) is 8.07. The van der Waals surface area contributed by atoms with Gasteiger partial charge in [0.15, 0.2) is 5.82 Å². The fourth-order valence-electron chi connectivity index (χ4n) is 3.01. The van der Waals surface area contributed by atoms with E-state index < -0.39 is 0 Å². The number of nitrogens with zero attached hydrogens (tertiary/aromatic N) is 1. The molecule has 0 bridgehead atoms. The second kappa shape index (κ2) is 7.46. The minimum Gasteiger partial charge on any atom is -0.309 e. The van der Waals surface area contributed by atoms with E-state index in [-0.39, 0.29) is 11.8 Å². The molecule has 1 unspecified atom stereocenters. The molecule has 1 aliphatic carbocycles. The maximum Gasteiger partial charge on any atom is 0.228 e. The first-order valence-electron chi connectivity index (χ1n) is 8.07. The Balaban J connectivity index is 1.92. The van der Waals surface area contributed by atoms with E-state index in [0.717, 1.165) is 12.8 Å². The zero-order valence-corrected chi connectivity index (χ0v) is 12.7. The van der Waals surface area contributed by atoms with Crippen molar-refractivity contribution in [1.29, 1.82) is 0 Å². The highest BCUT2D eigenvalue weighted by atomic mass is 16.1. The van der Waals surface area contributed by atoms with Crippen LogP contribution in [0.2, 0.25) is 0 Å².